The van der Waals surface area contributed by atoms with Crippen LogP contribution in [0.15, 0.2) is 31.0 Å². The van der Waals surface area contributed by atoms with Crippen molar-refractivity contribution in [3.8, 4) is 17.3 Å². The number of amides is 1. The minimum absolute atomic E-state index is 0.0186. The molecule has 3 aromatic heterocycles. The summed E-state index contributed by atoms with van der Waals surface area (Å²) in [4.78, 5) is 20.9. The van der Waals surface area contributed by atoms with E-state index in [1.807, 2.05) is 0 Å². The highest BCUT2D eigenvalue weighted by Crippen LogP contribution is 2.39. The first-order valence-electron chi connectivity index (χ1n) is 12.4. The lowest BCUT2D eigenvalue weighted by molar-refractivity contribution is -0.121. The highest BCUT2D eigenvalue weighted by atomic mass is 32.2. The van der Waals surface area contributed by atoms with Gasteiger partial charge < -0.3 is 10.3 Å². The number of hydrogen-bond acceptors (Lipinski definition) is 9. The summed E-state index contributed by atoms with van der Waals surface area (Å²) in [7, 11) is -6.81. The van der Waals surface area contributed by atoms with E-state index in [0.29, 0.717) is 22.3 Å². The molecule has 3 aromatic rings. The van der Waals surface area contributed by atoms with Crippen molar-refractivity contribution in [2.24, 2.45) is 5.73 Å². The molecule has 0 saturated carbocycles. The average Bonchev–Trinajstić information content (AvgIpc) is 3.51. The number of aromatic nitrogens is 5. The van der Waals surface area contributed by atoms with Crippen LogP contribution in [0.4, 0.5) is 0 Å². The summed E-state index contributed by atoms with van der Waals surface area (Å²) in [6, 6.07) is 3.95. The van der Waals surface area contributed by atoms with Gasteiger partial charge in [0.25, 0.3) is 0 Å². The molecule has 0 bridgehead atoms. The fourth-order valence-electron chi connectivity index (χ4n) is 5.41. The highest BCUT2D eigenvalue weighted by Gasteiger charge is 2.51. The molecule has 0 radical (unpaired) electrons. The predicted octanol–water partition coefficient (Wildman–Crippen LogP) is -0.195. The summed E-state index contributed by atoms with van der Waals surface area (Å²) in [6.45, 7) is 3.65. The van der Waals surface area contributed by atoms with Crippen LogP contribution < -0.4 is 5.73 Å². The topological polar surface area (TPSA) is 190 Å². The van der Waals surface area contributed by atoms with Gasteiger partial charge in [-0.25, -0.2) is 26.8 Å². The van der Waals surface area contributed by atoms with Crippen LogP contribution in [0.1, 0.15) is 26.7 Å². The summed E-state index contributed by atoms with van der Waals surface area (Å²) >= 11 is 0. The van der Waals surface area contributed by atoms with Gasteiger partial charge in [0, 0.05) is 49.5 Å². The Morgan fingerprint density at radius 3 is 2.23 bits per heavy atom. The number of sulfonamides is 2. The molecule has 2 aliphatic rings. The van der Waals surface area contributed by atoms with Gasteiger partial charge in [0.2, 0.25) is 26.0 Å². The molecule has 16 heteroatoms. The molecule has 1 amide bonds. The number of nitrogens with two attached hydrogens (primary N) is 1. The molecule has 2 aliphatic heterocycles. The predicted molar refractivity (Wildman–Crippen MR) is 141 cm³/mol. The highest BCUT2D eigenvalue weighted by molar-refractivity contribution is 7.89. The molecule has 2 saturated heterocycles. The molecular weight excluding hydrogens is 546 g/mol. The summed E-state index contributed by atoms with van der Waals surface area (Å²) in [5, 5.41) is 14.6. The van der Waals surface area contributed by atoms with E-state index in [9.17, 15) is 26.9 Å². The number of primary amides is 1. The molecule has 0 unspecified atom stereocenters. The minimum Gasteiger partial charge on any atom is -0.370 e. The van der Waals surface area contributed by atoms with Crippen molar-refractivity contribution < 1.29 is 21.6 Å². The van der Waals surface area contributed by atoms with Crippen molar-refractivity contribution in [1.29, 1.82) is 5.26 Å². The Hall–Kier alpha value is -3.39. The standard InChI is InChI=1S/C23H29N9O5S2/c1-3-38(34,35)29-12-22(13-29,6-7-24)32-11-17(10-28-32)20-18-5-8-31(21(18)27-16-26-20)23(9-19(25)33)14-30(15-23)39(36,37)4-2/h5,8,10-11,16H,3-4,6,9,12-15H2,1-2H3,(H2,25,33). The first-order valence-corrected chi connectivity index (χ1v) is 15.6. The van der Waals surface area contributed by atoms with E-state index in [0.717, 1.165) is 0 Å². The smallest absolute Gasteiger partial charge is 0.219 e. The third kappa shape index (κ3) is 4.39. The Kier molecular flexibility index (Phi) is 6.53. The van der Waals surface area contributed by atoms with E-state index >= 15 is 0 Å². The maximum absolute atomic E-state index is 12.4. The first-order chi connectivity index (χ1) is 18.4. The molecule has 0 spiro atoms. The number of carbonyl (C=O) groups is 1. The van der Waals surface area contributed by atoms with Gasteiger partial charge in [-0.3, -0.25) is 9.48 Å². The zero-order chi connectivity index (χ0) is 28.2. The van der Waals surface area contributed by atoms with Gasteiger partial charge in [0.1, 0.15) is 17.5 Å². The molecule has 2 fully saturated rings. The molecule has 14 nitrogen and oxygen atoms in total. The van der Waals surface area contributed by atoms with E-state index in [2.05, 4.69) is 21.1 Å². The zero-order valence-corrected chi connectivity index (χ0v) is 23.2. The third-order valence-corrected chi connectivity index (χ3v) is 11.2. The third-order valence-electron chi connectivity index (χ3n) is 7.64. The van der Waals surface area contributed by atoms with Crippen LogP contribution in [0.3, 0.4) is 0 Å². The Morgan fingerprint density at radius 1 is 1.05 bits per heavy atom. The van der Waals surface area contributed by atoms with Gasteiger partial charge in [-0.15, -0.1) is 0 Å². The lowest BCUT2D eigenvalue weighted by atomic mass is 9.87. The van der Waals surface area contributed by atoms with Gasteiger partial charge >= 0.3 is 0 Å². The summed E-state index contributed by atoms with van der Waals surface area (Å²) in [5.41, 5.74) is 5.61. The lowest BCUT2D eigenvalue weighted by Gasteiger charge is -2.49. The Labute approximate surface area is 226 Å². The Balaban J connectivity index is 1.49. The second-order valence-corrected chi connectivity index (χ2v) is 14.6. The van der Waals surface area contributed by atoms with Crippen LogP contribution in [0.25, 0.3) is 22.3 Å². The summed E-state index contributed by atoms with van der Waals surface area (Å²) < 4.78 is 55.4. The van der Waals surface area contributed by atoms with Gasteiger partial charge in [-0.05, 0) is 19.9 Å². The second kappa shape index (κ2) is 9.37. The molecule has 208 valence electrons. The van der Waals surface area contributed by atoms with E-state index < -0.39 is 37.0 Å². The molecule has 0 aromatic carbocycles. The molecule has 0 aliphatic carbocycles. The van der Waals surface area contributed by atoms with Crippen molar-refractivity contribution in [2.45, 2.75) is 37.8 Å². The number of carbonyl (C=O) groups excluding carboxylic acids is 1. The molecule has 2 N–H and O–H groups in total. The molecule has 5 heterocycles. The van der Waals surface area contributed by atoms with Crippen molar-refractivity contribution in [2.75, 3.05) is 37.7 Å². The zero-order valence-electron chi connectivity index (χ0n) is 21.6. The average molecular weight is 576 g/mol. The largest absolute Gasteiger partial charge is 0.370 e. The van der Waals surface area contributed by atoms with Crippen LogP contribution >= 0.6 is 0 Å². The van der Waals surface area contributed by atoms with Crippen LogP contribution in [-0.2, 0) is 35.9 Å². The lowest BCUT2D eigenvalue weighted by Crippen LogP contribution is -2.65. The SMILES string of the molecule is CCS(=O)(=O)N1CC(CC#N)(n2cc(-c3ncnc4c3ccn4C3(CC(N)=O)CN(S(=O)(=O)CC)C3)cn2)C1. The first kappa shape index (κ1) is 27.2. The van der Waals surface area contributed by atoms with E-state index in [1.54, 1.807) is 47.8 Å². The van der Waals surface area contributed by atoms with Crippen LogP contribution in [0.2, 0.25) is 0 Å². The summed E-state index contributed by atoms with van der Waals surface area (Å²) in [5.74, 6) is -0.615. The maximum atomic E-state index is 12.4. The normalized spacial score (nSPS) is 19.3. The minimum atomic E-state index is -3.43. The van der Waals surface area contributed by atoms with E-state index in [4.69, 9.17) is 5.73 Å². The van der Waals surface area contributed by atoms with Crippen LogP contribution in [0, 0.1) is 11.3 Å². The quantitative estimate of drug-likeness (QED) is 0.341. The Bertz CT molecular complexity index is 1690. The second-order valence-electron chi connectivity index (χ2n) is 10.1. The summed E-state index contributed by atoms with van der Waals surface area (Å²) in [6.07, 6.45) is 6.51. The number of rotatable bonds is 10. The van der Waals surface area contributed by atoms with E-state index in [-0.39, 0.29) is 50.5 Å². The van der Waals surface area contributed by atoms with Crippen molar-refractivity contribution in [3.63, 3.8) is 0 Å². The Morgan fingerprint density at radius 2 is 1.67 bits per heavy atom. The van der Waals surface area contributed by atoms with Gasteiger partial charge in [-0.2, -0.15) is 19.0 Å². The molecule has 0 atom stereocenters. The number of nitrogens with zero attached hydrogens (tertiary/aromatic N) is 8. The van der Waals surface area contributed by atoms with Gasteiger partial charge in [-0.1, -0.05) is 0 Å². The van der Waals surface area contributed by atoms with E-state index in [1.165, 1.54) is 14.9 Å². The van der Waals surface area contributed by atoms with Crippen molar-refractivity contribution >= 4 is 37.0 Å². The number of fused-ring (bicyclic) bond motifs is 1. The van der Waals surface area contributed by atoms with Gasteiger partial charge in [0.15, 0.2) is 0 Å². The fraction of sp³-hybridized carbons (Fsp3) is 0.522. The van der Waals surface area contributed by atoms with Crippen molar-refractivity contribution in [1.82, 2.24) is 32.9 Å². The maximum Gasteiger partial charge on any atom is 0.219 e. The van der Waals surface area contributed by atoms with Gasteiger partial charge in [0.05, 0.1) is 47.8 Å². The molecule has 39 heavy (non-hydrogen) atoms. The van der Waals surface area contributed by atoms with Crippen LogP contribution in [0.5, 0.6) is 0 Å². The van der Waals surface area contributed by atoms with Crippen LogP contribution in [-0.4, -0.2) is 93.4 Å². The number of nitriles is 1. The molecular formula is C23H29N9O5S2. The van der Waals surface area contributed by atoms with Crippen molar-refractivity contribution in [3.05, 3.63) is 31.0 Å². The fourth-order valence-corrected chi connectivity index (χ4v) is 7.88. The molecule has 5 rings (SSSR count). The monoisotopic (exact) mass is 575 g/mol. The number of hydrogen-bond donors (Lipinski definition) is 1.